The summed E-state index contributed by atoms with van der Waals surface area (Å²) < 4.78 is 1.24. The maximum absolute atomic E-state index is 11.3. The number of aromatic nitrogens is 4. The molecular formula is C10H15N5O. The lowest BCUT2D eigenvalue weighted by Crippen LogP contribution is -2.30. The minimum Gasteiger partial charge on any atom is -0.364 e. The molecule has 0 spiro atoms. The zero-order valence-electron chi connectivity index (χ0n) is 9.61. The van der Waals surface area contributed by atoms with Crippen LogP contribution in [0.15, 0.2) is 16.9 Å². The van der Waals surface area contributed by atoms with E-state index >= 15 is 0 Å². The number of hydrogen-bond donors (Lipinski definition) is 2. The normalized spacial score (nSPS) is 11.9. The lowest BCUT2D eigenvalue weighted by Gasteiger charge is -2.24. The summed E-state index contributed by atoms with van der Waals surface area (Å²) in [5.41, 5.74) is 0.145. The third kappa shape index (κ3) is 1.91. The molecule has 0 aromatic carbocycles. The SMILES string of the molecule is CCC(C)(C)Nc1ccc2n[nH]c(=O)n2n1. The van der Waals surface area contributed by atoms with Crippen LogP contribution < -0.4 is 11.0 Å². The fourth-order valence-electron chi connectivity index (χ4n) is 1.30. The van der Waals surface area contributed by atoms with Gasteiger partial charge in [-0.15, -0.1) is 5.10 Å². The number of nitrogens with zero attached hydrogens (tertiary/aromatic N) is 3. The Morgan fingerprint density at radius 1 is 1.50 bits per heavy atom. The van der Waals surface area contributed by atoms with Gasteiger partial charge < -0.3 is 5.32 Å². The van der Waals surface area contributed by atoms with Crippen molar-refractivity contribution in [1.29, 1.82) is 0 Å². The van der Waals surface area contributed by atoms with Crippen LogP contribution in [0.1, 0.15) is 27.2 Å². The van der Waals surface area contributed by atoms with Crippen molar-refractivity contribution in [3.63, 3.8) is 0 Å². The van der Waals surface area contributed by atoms with Crippen LogP contribution >= 0.6 is 0 Å². The predicted octanol–water partition coefficient (Wildman–Crippen LogP) is 1.02. The van der Waals surface area contributed by atoms with E-state index in [2.05, 4.69) is 41.4 Å². The Bertz CT molecular complexity index is 554. The van der Waals surface area contributed by atoms with Gasteiger partial charge in [0.25, 0.3) is 0 Å². The van der Waals surface area contributed by atoms with Crippen molar-refractivity contribution in [2.45, 2.75) is 32.7 Å². The second-order valence-corrected chi connectivity index (χ2v) is 4.38. The Morgan fingerprint density at radius 3 is 2.94 bits per heavy atom. The third-order valence-corrected chi connectivity index (χ3v) is 2.62. The number of H-pyrrole nitrogens is 1. The van der Waals surface area contributed by atoms with Crippen LogP contribution in [-0.4, -0.2) is 25.4 Å². The molecule has 16 heavy (non-hydrogen) atoms. The second kappa shape index (κ2) is 3.62. The van der Waals surface area contributed by atoms with Crippen LogP contribution in [0.2, 0.25) is 0 Å². The Kier molecular flexibility index (Phi) is 2.41. The molecule has 0 aliphatic rings. The Morgan fingerprint density at radius 2 is 2.25 bits per heavy atom. The molecule has 2 aromatic heterocycles. The molecule has 0 amide bonds. The standard InChI is InChI=1S/C10H15N5O/c1-4-10(2,3)11-7-5-6-8-12-13-9(16)15(8)14-7/h5-6H,4H2,1-3H3,(H,11,14)(H,13,16). The number of rotatable bonds is 3. The van der Waals surface area contributed by atoms with Gasteiger partial charge in [0.05, 0.1) is 0 Å². The molecule has 2 N–H and O–H groups in total. The smallest absolute Gasteiger partial charge is 0.364 e. The molecule has 0 radical (unpaired) electrons. The van der Waals surface area contributed by atoms with Crippen molar-refractivity contribution in [2.75, 3.05) is 5.32 Å². The van der Waals surface area contributed by atoms with Gasteiger partial charge in [0.15, 0.2) is 5.65 Å². The van der Waals surface area contributed by atoms with Gasteiger partial charge in [0.1, 0.15) is 5.82 Å². The van der Waals surface area contributed by atoms with E-state index in [1.807, 2.05) is 6.07 Å². The predicted molar refractivity (Wildman–Crippen MR) is 61.6 cm³/mol. The van der Waals surface area contributed by atoms with E-state index in [-0.39, 0.29) is 11.2 Å². The van der Waals surface area contributed by atoms with Gasteiger partial charge in [-0.05, 0) is 32.4 Å². The summed E-state index contributed by atoms with van der Waals surface area (Å²) in [7, 11) is 0. The molecule has 86 valence electrons. The van der Waals surface area contributed by atoms with E-state index < -0.39 is 0 Å². The molecule has 2 rings (SSSR count). The van der Waals surface area contributed by atoms with E-state index in [1.54, 1.807) is 6.07 Å². The first-order valence-corrected chi connectivity index (χ1v) is 5.24. The highest BCUT2D eigenvalue weighted by Crippen LogP contribution is 2.15. The monoisotopic (exact) mass is 221 g/mol. The highest BCUT2D eigenvalue weighted by molar-refractivity contribution is 5.44. The van der Waals surface area contributed by atoms with Crippen molar-refractivity contribution < 1.29 is 0 Å². The molecule has 0 atom stereocenters. The van der Waals surface area contributed by atoms with Crippen molar-refractivity contribution >= 4 is 11.5 Å². The molecule has 6 nitrogen and oxygen atoms in total. The minimum absolute atomic E-state index is 0.0476. The molecule has 0 unspecified atom stereocenters. The van der Waals surface area contributed by atoms with Crippen LogP contribution in [0.3, 0.4) is 0 Å². The summed E-state index contributed by atoms with van der Waals surface area (Å²) >= 11 is 0. The van der Waals surface area contributed by atoms with E-state index in [4.69, 9.17) is 0 Å². The highest BCUT2D eigenvalue weighted by atomic mass is 16.2. The fraction of sp³-hybridized carbons (Fsp3) is 0.500. The van der Waals surface area contributed by atoms with Crippen LogP contribution in [0.4, 0.5) is 5.82 Å². The lowest BCUT2D eigenvalue weighted by molar-refractivity contribution is 0.543. The van der Waals surface area contributed by atoms with E-state index in [1.165, 1.54) is 4.52 Å². The van der Waals surface area contributed by atoms with Crippen molar-refractivity contribution in [3.05, 3.63) is 22.6 Å². The van der Waals surface area contributed by atoms with Gasteiger partial charge in [-0.3, -0.25) is 0 Å². The van der Waals surface area contributed by atoms with Crippen molar-refractivity contribution in [3.8, 4) is 0 Å². The maximum atomic E-state index is 11.3. The van der Waals surface area contributed by atoms with Crippen LogP contribution in [0, 0.1) is 0 Å². The first kappa shape index (κ1) is 10.7. The zero-order chi connectivity index (χ0) is 11.8. The van der Waals surface area contributed by atoms with Crippen LogP contribution in [0.5, 0.6) is 0 Å². The summed E-state index contributed by atoms with van der Waals surface area (Å²) in [5.74, 6) is 0.669. The van der Waals surface area contributed by atoms with Crippen LogP contribution in [-0.2, 0) is 0 Å². The highest BCUT2D eigenvalue weighted by Gasteiger charge is 2.15. The van der Waals surface area contributed by atoms with Gasteiger partial charge in [-0.2, -0.15) is 9.61 Å². The minimum atomic E-state index is -0.326. The van der Waals surface area contributed by atoms with Gasteiger partial charge in [-0.1, -0.05) is 6.92 Å². The molecule has 0 saturated heterocycles. The Balaban J connectivity index is 2.39. The van der Waals surface area contributed by atoms with Crippen LogP contribution in [0.25, 0.3) is 5.65 Å². The largest absolute Gasteiger partial charge is 0.364 e. The molecule has 0 saturated carbocycles. The summed E-state index contributed by atoms with van der Waals surface area (Å²) in [4.78, 5) is 11.3. The first-order valence-electron chi connectivity index (χ1n) is 5.24. The van der Waals surface area contributed by atoms with Gasteiger partial charge in [-0.25, -0.2) is 9.89 Å². The van der Waals surface area contributed by atoms with Gasteiger partial charge >= 0.3 is 5.69 Å². The summed E-state index contributed by atoms with van der Waals surface area (Å²) in [6, 6.07) is 3.56. The Hall–Kier alpha value is -1.85. The second-order valence-electron chi connectivity index (χ2n) is 4.38. The number of aromatic amines is 1. The van der Waals surface area contributed by atoms with Crippen molar-refractivity contribution in [2.24, 2.45) is 0 Å². The van der Waals surface area contributed by atoms with E-state index in [9.17, 15) is 4.79 Å². The fourth-order valence-corrected chi connectivity index (χ4v) is 1.30. The van der Waals surface area contributed by atoms with E-state index in [0.29, 0.717) is 11.5 Å². The summed E-state index contributed by atoms with van der Waals surface area (Å²) in [6.45, 7) is 6.25. The number of nitrogens with one attached hydrogen (secondary N) is 2. The average Bonchev–Trinajstić information content (AvgIpc) is 2.60. The first-order chi connectivity index (χ1) is 7.52. The quantitative estimate of drug-likeness (QED) is 0.811. The molecule has 0 aliphatic heterocycles. The molecule has 2 aromatic rings. The molecule has 0 aliphatic carbocycles. The zero-order valence-corrected chi connectivity index (χ0v) is 9.61. The van der Waals surface area contributed by atoms with Gasteiger partial charge in [0.2, 0.25) is 0 Å². The molecule has 2 heterocycles. The summed E-state index contributed by atoms with van der Waals surface area (Å²) in [6.07, 6.45) is 0.965. The topological polar surface area (TPSA) is 75.1 Å². The van der Waals surface area contributed by atoms with Crippen molar-refractivity contribution in [1.82, 2.24) is 19.8 Å². The molecule has 0 fully saturated rings. The lowest BCUT2D eigenvalue weighted by atomic mass is 10.0. The molecule has 6 heteroatoms. The maximum Gasteiger partial charge on any atom is 0.364 e. The number of hydrogen-bond acceptors (Lipinski definition) is 4. The number of anilines is 1. The Labute approximate surface area is 92.7 Å². The molecular weight excluding hydrogens is 206 g/mol. The summed E-state index contributed by atoms with van der Waals surface area (Å²) in [5, 5.41) is 13.6. The molecule has 0 bridgehead atoms. The third-order valence-electron chi connectivity index (χ3n) is 2.62. The number of fused-ring (bicyclic) bond motifs is 1. The van der Waals surface area contributed by atoms with E-state index in [0.717, 1.165) is 6.42 Å². The average molecular weight is 221 g/mol. The van der Waals surface area contributed by atoms with Gasteiger partial charge in [0, 0.05) is 5.54 Å².